The van der Waals surface area contributed by atoms with Gasteiger partial charge >= 0.3 is 24.3 Å². The maximum atomic E-state index is 12.4. The van der Waals surface area contributed by atoms with Crippen molar-refractivity contribution in [1.82, 2.24) is 0 Å². The summed E-state index contributed by atoms with van der Waals surface area (Å²) >= 11 is 0. The predicted molar refractivity (Wildman–Crippen MR) is 65.7 cm³/mol. The minimum absolute atomic E-state index is 0.171. The number of alkyl halides is 6. The van der Waals surface area contributed by atoms with E-state index >= 15 is 0 Å². The van der Waals surface area contributed by atoms with Gasteiger partial charge in [-0.2, -0.15) is 26.3 Å². The van der Waals surface area contributed by atoms with Gasteiger partial charge in [0.2, 0.25) is 0 Å². The second-order valence-electron chi connectivity index (χ2n) is 6.26. The van der Waals surface area contributed by atoms with Crippen LogP contribution in [0.5, 0.6) is 0 Å². The number of hydrogen-bond donors (Lipinski definition) is 0. The number of carbonyl (C=O) groups excluding carboxylic acids is 2. The zero-order valence-electron chi connectivity index (χ0n) is 12.8. The Kier molecular flexibility index (Phi) is 5.27. The first-order valence-electron chi connectivity index (χ1n) is 7.55. The van der Waals surface area contributed by atoms with Gasteiger partial charge in [-0.25, -0.2) is 0 Å². The summed E-state index contributed by atoms with van der Waals surface area (Å²) in [5, 5.41) is 11.0. The molecule has 0 amide bonds. The van der Waals surface area contributed by atoms with Crippen LogP contribution >= 0.6 is 0 Å². The van der Waals surface area contributed by atoms with Crippen molar-refractivity contribution in [2.45, 2.75) is 43.6 Å². The molecule has 2 fully saturated rings. The first-order chi connectivity index (χ1) is 11.4. The van der Waals surface area contributed by atoms with Crippen molar-refractivity contribution < 1.29 is 50.5 Å². The average molecular weight is 377 g/mol. The summed E-state index contributed by atoms with van der Waals surface area (Å²) in [4.78, 5) is 22.9. The fourth-order valence-corrected chi connectivity index (χ4v) is 3.41. The summed E-state index contributed by atoms with van der Waals surface area (Å²) in [6.45, 7) is -1.79. The fourth-order valence-electron chi connectivity index (χ4n) is 3.41. The van der Waals surface area contributed by atoms with Gasteiger partial charge in [-0.3, -0.25) is 9.59 Å². The van der Waals surface area contributed by atoms with Crippen LogP contribution in [0.1, 0.15) is 25.7 Å². The Balaban J connectivity index is 1.82. The molecule has 0 aliphatic heterocycles. The van der Waals surface area contributed by atoms with Gasteiger partial charge in [-0.05, 0) is 31.1 Å². The molecule has 0 radical (unpaired) electrons. The van der Waals surface area contributed by atoms with Crippen molar-refractivity contribution in [3.8, 4) is 0 Å². The van der Waals surface area contributed by atoms with E-state index in [1.54, 1.807) is 0 Å². The third-order valence-corrected chi connectivity index (χ3v) is 4.69. The minimum Gasteiger partial charge on any atom is -0.828 e. The lowest BCUT2D eigenvalue weighted by Crippen LogP contribution is -2.71. The van der Waals surface area contributed by atoms with E-state index in [9.17, 15) is 41.0 Å². The van der Waals surface area contributed by atoms with E-state index in [2.05, 4.69) is 4.74 Å². The number of ether oxygens (including phenoxy) is 2. The molecule has 0 aromatic heterocycles. The highest BCUT2D eigenvalue weighted by atomic mass is 19.4. The Labute approximate surface area is 138 Å². The molecule has 3 unspecified atom stereocenters. The predicted octanol–water partition coefficient (Wildman–Crippen LogP) is 1.73. The van der Waals surface area contributed by atoms with E-state index in [0.717, 1.165) is 19.3 Å². The highest BCUT2D eigenvalue weighted by molar-refractivity contribution is 5.81. The van der Waals surface area contributed by atoms with Gasteiger partial charge < -0.3 is 14.6 Å². The molecule has 2 aliphatic carbocycles. The largest absolute Gasteiger partial charge is 0.828 e. The minimum atomic E-state index is -6.41. The number of rotatable bonds is 5. The van der Waals surface area contributed by atoms with E-state index in [-0.39, 0.29) is 11.8 Å². The van der Waals surface area contributed by atoms with Crippen LogP contribution < -0.4 is 5.11 Å². The maximum Gasteiger partial charge on any atom is 0.399 e. The van der Waals surface area contributed by atoms with Gasteiger partial charge in [-0.15, -0.1) is 0 Å². The number of carbonyl (C=O) groups is 2. The van der Waals surface area contributed by atoms with Crippen LogP contribution in [0.2, 0.25) is 0 Å². The smallest absolute Gasteiger partial charge is 0.399 e. The molecule has 25 heavy (non-hydrogen) atoms. The van der Waals surface area contributed by atoms with Gasteiger partial charge in [0, 0.05) is 0 Å². The van der Waals surface area contributed by atoms with E-state index in [1.165, 1.54) is 0 Å². The highest BCUT2D eigenvalue weighted by Crippen LogP contribution is 2.48. The lowest BCUT2D eigenvalue weighted by Gasteiger charge is -2.40. The van der Waals surface area contributed by atoms with E-state index in [0.29, 0.717) is 12.3 Å². The van der Waals surface area contributed by atoms with E-state index in [4.69, 9.17) is 4.74 Å². The molecular formula is C14H15F6O5-. The van der Waals surface area contributed by atoms with Gasteiger partial charge in [0.25, 0.3) is 0 Å². The van der Waals surface area contributed by atoms with Gasteiger partial charge in [0.15, 0.2) is 5.60 Å². The zero-order valence-corrected chi connectivity index (χ0v) is 12.8. The van der Waals surface area contributed by atoms with Crippen LogP contribution in [-0.2, 0) is 19.1 Å². The van der Waals surface area contributed by atoms with Gasteiger partial charge in [-0.1, -0.05) is 6.42 Å². The Morgan fingerprint density at radius 1 is 0.920 bits per heavy atom. The number of hydrogen-bond acceptors (Lipinski definition) is 5. The average Bonchev–Trinajstić information content (AvgIpc) is 3.10. The first-order valence-corrected chi connectivity index (χ1v) is 7.55. The molecule has 5 nitrogen and oxygen atoms in total. The van der Waals surface area contributed by atoms with Crippen LogP contribution in [0.4, 0.5) is 26.3 Å². The number of halogens is 6. The van der Waals surface area contributed by atoms with Crippen LogP contribution in [-0.4, -0.2) is 43.1 Å². The number of fused-ring (bicyclic) bond motifs is 2. The van der Waals surface area contributed by atoms with E-state index < -0.39 is 43.1 Å². The zero-order chi connectivity index (χ0) is 19.0. The monoisotopic (exact) mass is 377 g/mol. The topological polar surface area (TPSA) is 75.7 Å². The van der Waals surface area contributed by atoms with Crippen molar-refractivity contribution in [2.75, 3.05) is 13.2 Å². The standard InChI is InChI=1S/C14H15F6O5/c15-13(16,17)12(23,14(18,19)20)11(22)25-4-3-24-10(21)9-6-7-1-2-8(9)5-7/h7-9H,1-6H2/q-1. The molecule has 0 saturated heterocycles. The summed E-state index contributed by atoms with van der Waals surface area (Å²) < 4.78 is 82.7. The SMILES string of the molecule is O=C(OCCOC(=O)C([O-])(C(F)(F)F)C(F)(F)F)C1CC2CCC1C2. The quantitative estimate of drug-likeness (QED) is 0.414. The second-order valence-corrected chi connectivity index (χ2v) is 6.26. The second kappa shape index (κ2) is 6.65. The number of esters is 2. The normalized spacial score (nSPS) is 26.6. The molecule has 2 bridgehead atoms. The van der Waals surface area contributed by atoms with E-state index in [1.807, 2.05) is 0 Å². The molecule has 11 heteroatoms. The molecule has 3 atom stereocenters. The first kappa shape index (κ1) is 19.8. The van der Waals surface area contributed by atoms with Crippen molar-refractivity contribution in [1.29, 1.82) is 0 Å². The summed E-state index contributed by atoms with van der Waals surface area (Å²) in [7, 11) is 0. The van der Waals surface area contributed by atoms with Gasteiger partial charge in [0.05, 0.1) is 5.92 Å². The molecule has 2 rings (SSSR count). The fraction of sp³-hybridized carbons (Fsp3) is 0.857. The van der Waals surface area contributed by atoms with Crippen molar-refractivity contribution in [3.05, 3.63) is 0 Å². The van der Waals surface area contributed by atoms with Crippen molar-refractivity contribution in [3.63, 3.8) is 0 Å². The summed E-state index contributed by atoms with van der Waals surface area (Å²) in [5.41, 5.74) is -5.88. The Morgan fingerprint density at radius 3 is 1.92 bits per heavy atom. The molecule has 0 aromatic rings. The van der Waals surface area contributed by atoms with Crippen LogP contribution in [0.25, 0.3) is 0 Å². The van der Waals surface area contributed by atoms with Crippen molar-refractivity contribution >= 4 is 11.9 Å². The maximum absolute atomic E-state index is 12.4. The Bertz CT molecular complexity index is 515. The van der Waals surface area contributed by atoms with Crippen LogP contribution in [0, 0.1) is 17.8 Å². The third-order valence-electron chi connectivity index (χ3n) is 4.69. The molecule has 144 valence electrons. The Morgan fingerprint density at radius 2 is 1.48 bits per heavy atom. The molecule has 2 aliphatic rings. The third kappa shape index (κ3) is 3.70. The lowest BCUT2D eigenvalue weighted by molar-refractivity contribution is -0.574. The van der Waals surface area contributed by atoms with Crippen molar-refractivity contribution in [2.24, 2.45) is 17.8 Å². The molecular weight excluding hydrogens is 362 g/mol. The lowest BCUT2D eigenvalue weighted by atomic mass is 9.89. The van der Waals surface area contributed by atoms with Crippen LogP contribution in [0.3, 0.4) is 0 Å². The molecule has 0 aromatic carbocycles. The molecule has 0 heterocycles. The highest BCUT2D eigenvalue weighted by Gasteiger charge is 2.68. The molecule has 2 saturated carbocycles. The summed E-state index contributed by atoms with van der Waals surface area (Å²) in [6, 6.07) is 0. The molecule has 0 N–H and O–H groups in total. The van der Waals surface area contributed by atoms with Gasteiger partial charge in [0.1, 0.15) is 13.2 Å². The Hall–Kier alpha value is -1.52. The van der Waals surface area contributed by atoms with Crippen LogP contribution in [0.15, 0.2) is 0 Å². The molecule has 0 spiro atoms. The summed E-state index contributed by atoms with van der Waals surface area (Å²) in [5.74, 6) is -3.39. The summed E-state index contributed by atoms with van der Waals surface area (Å²) in [6.07, 6.45) is -9.41.